The largest absolute Gasteiger partial charge is 0.481 e. The first kappa shape index (κ1) is 11.4. The van der Waals surface area contributed by atoms with Crippen molar-refractivity contribution < 1.29 is 19.5 Å². The molecule has 1 rings (SSSR count). The first-order valence-electron chi connectivity index (χ1n) is 3.91. The zero-order chi connectivity index (χ0) is 10.6. The SMILES string of the molecule is O=C(O)CCSC(=O)[C@@H]1CSC(=O)N1. The number of rotatable bonds is 4. The van der Waals surface area contributed by atoms with E-state index in [9.17, 15) is 14.4 Å². The van der Waals surface area contributed by atoms with E-state index in [2.05, 4.69) is 5.32 Å². The monoisotopic (exact) mass is 235 g/mol. The van der Waals surface area contributed by atoms with Gasteiger partial charge in [-0.25, -0.2) is 0 Å². The fourth-order valence-electron chi connectivity index (χ4n) is 0.851. The summed E-state index contributed by atoms with van der Waals surface area (Å²) in [4.78, 5) is 32.2. The number of hydrogen-bond donors (Lipinski definition) is 2. The minimum Gasteiger partial charge on any atom is -0.481 e. The summed E-state index contributed by atoms with van der Waals surface area (Å²) in [6.07, 6.45) is -0.0375. The van der Waals surface area contributed by atoms with Crippen molar-refractivity contribution in [2.45, 2.75) is 12.5 Å². The number of carbonyl (C=O) groups excluding carboxylic acids is 2. The predicted molar refractivity (Wildman–Crippen MR) is 54.5 cm³/mol. The van der Waals surface area contributed by atoms with Gasteiger partial charge < -0.3 is 10.4 Å². The molecule has 0 aliphatic carbocycles. The van der Waals surface area contributed by atoms with Crippen LogP contribution in [0.1, 0.15) is 6.42 Å². The molecular formula is C7H9NO4S2. The lowest BCUT2D eigenvalue weighted by molar-refractivity contribution is -0.136. The Bertz CT molecular complexity index is 268. The van der Waals surface area contributed by atoms with Crippen LogP contribution in [0.3, 0.4) is 0 Å². The fourth-order valence-corrected chi connectivity index (χ4v) is 2.56. The molecule has 1 heterocycles. The van der Waals surface area contributed by atoms with Gasteiger partial charge in [0.05, 0.1) is 6.42 Å². The van der Waals surface area contributed by atoms with E-state index in [0.29, 0.717) is 5.75 Å². The third-order valence-corrected chi connectivity index (χ3v) is 3.38. The lowest BCUT2D eigenvalue weighted by Gasteiger charge is -2.05. The van der Waals surface area contributed by atoms with Crippen molar-refractivity contribution in [1.82, 2.24) is 5.32 Å². The smallest absolute Gasteiger partial charge is 0.304 e. The lowest BCUT2D eigenvalue weighted by atomic mass is 10.4. The van der Waals surface area contributed by atoms with Crippen molar-refractivity contribution in [2.75, 3.05) is 11.5 Å². The number of amides is 1. The van der Waals surface area contributed by atoms with Crippen molar-refractivity contribution in [3.63, 3.8) is 0 Å². The van der Waals surface area contributed by atoms with Gasteiger partial charge in [-0.3, -0.25) is 14.4 Å². The van der Waals surface area contributed by atoms with Gasteiger partial charge in [0.15, 0.2) is 0 Å². The molecule has 1 atom stereocenters. The van der Waals surface area contributed by atoms with Crippen LogP contribution in [0.15, 0.2) is 0 Å². The maximum atomic E-state index is 11.3. The maximum Gasteiger partial charge on any atom is 0.304 e. The summed E-state index contributed by atoms with van der Waals surface area (Å²) in [6, 6.07) is -0.453. The molecule has 0 aromatic heterocycles. The second-order valence-electron chi connectivity index (χ2n) is 2.61. The molecule has 1 fully saturated rings. The summed E-state index contributed by atoms with van der Waals surface area (Å²) in [7, 11) is 0. The van der Waals surface area contributed by atoms with Crippen molar-refractivity contribution in [3.05, 3.63) is 0 Å². The van der Waals surface area contributed by atoms with E-state index >= 15 is 0 Å². The molecule has 1 aliphatic rings. The van der Waals surface area contributed by atoms with Gasteiger partial charge in [-0.1, -0.05) is 23.5 Å². The molecular weight excluding hydrogens is 226 g/mol. The number of aliphatic carboxylic acids is 1. The Morgan fingerprint density at radius 2 is 2.36 bits per heavy atom. The average molecular weight is 235 g/mol. The Kier molecular flexibility index (Phi) is 4.27. The predicted octanol–water partition coefficient (Wildman–Crippen LogP) is 0.546. The van der Waals surface area contributed by atoms with Crippen LogP contribution in [-0.4, -0.2) is 39.0 Å². The Hall–Kier alpha value is -0.690. The molecule has 14 heavy (non-hydrogen) atoms. The molecule has 0 saturated carbocycles. The minimum absolute atomic E-state index is 0.0375. The molecule has 0 radical (unpaired) electrons. The molecule has 0 aromatic carbocycles. The highest BCUT2D eigenvalue weighted by molar-refractivity contribution is 8.15. The number of carboxylic acids is 1. The van der Waals surface area contributed by atoms with Gasteiger partial charge in [0.1, 0.15) is 6.04 Å². The Balaban J connectivity index is 2.22. The first-order chi connectivity index (χ1) is 6.59. The van der Waals surface area contributed by atoms with Crippen molar-refractivity contribution >= 4 is 39.8 Å². The summed E-state index contributed by atoms with van der Waals surface area (Å²) < 4.78 is 0. The summed E-state index contributed by atoms with van der Waals surface area (Å²) in [5.41, 5.74) is 0. The molecule has 0 spiro atoms. The van der Waals surface area contributed by atoms with Gasteiger partial charge in [-0.05, 0) is 0 Å². The van der Waals surface area contributed by atoms with Crippen LogP contribution in [0.2, 0.25) is 0 Å². The van der Waals surface area contributed by atoms with E-state index in [1.165, 1.54) is 0 Å². The van der Waals surface area contributed by atoms with E-state index in [-0.39, 0.29) is 22.5 Å². The number of nitrogens with one attached hydrogen (secondary N) is 1. The molecule has 7 heteroatoms. The zero-order valence-corrected chi connectivity index (χ0v) is 8.82. The molecule has 2 N–H and O–H groups in total. The summed E-state index contributed by atoms with van der Waals surface area (Å²) in [5, 5.41) is 10.5. The standard InChI is InChI=1S/C7H9NO4S2/c9-5(10)1-2-13-6(11)4-3-14-7(12)8-4/h4H,1-3H2,(H,8,12)(H,9,10)/t4-/m0/s1. The van der Waals surface area contributed by atoms with Gasteiger partial charge in [-0.2, -0.15) is 0 Å². The van der Waals surface area contributed by atoms with Crippen molar-refractivity contribution in [3.8, 4) is 0 Å². The number of carboxylic acid groups (broad SMARTS) is 1. The van der Waals surface area contributed by atoms with E-state index < -0.39 is 12.0 Å². The van der Waals surface area contributed by atoms with E-state index in [1.807, 2.05) is 0 Å². The first-order valence-corrected chi connectivity index (χ1v) is 5.88. The summed E-state index contributed by atoms with van der Waals surface area (Å²) in [6.45, 7) is 0. The Morgan fingerprint density at radius 1 is 1.64 bits per heavy atom. The topological polar surface area (TPSA) is 83.5 Å². The van der Waals surface area contributed by atoms with Crippen LogP contribution >= 0.6 is 23.5 Å². The second kappa shape index (κ2) is 5.26. The minimum atomic E-state index is -0.921. The quantitative estimate of drug-likeness (QED) is 0.740. The Morgan fingerprint density at radius 3 is 2.86 bits per heavy atom. The van der Waals surface area contributed by atoms with E-state index in [4.69, 9.17) is 5.11 Å². The highest BCUT2D eigenvalue weighted by Crippen LogP contribution is 2.18. The summed E-state index contributed by atoms with van der Waals surface area (Å²) in [5.74, 6) is -0.224. The molecule has 0 unspecified atom stereocenters. The highest BCUT2D eigenvalue weighted by atomic mass is 32.2. The van der Waals surface area contributed by atoms with Crippen LogP contribution in [0, 0.1) is 0 Å². The molecule has 0 aromatic rings. The van der Waals surface area contributed by atoms with Gasteiger partial charge in [0.25, 0.3) is 5.24 Å². The molecule has 1 aliphatic heterocycles. The van der Waals surface area contributed by atoms with Crippen LogP contribution in [0.4, 0.5) is 4.79 Å². The van der Waals surface area contributed by atoms with Crippen LogP contribution < -0.4 is 5.32 Å². The van der Waals surface area contributed by atoms with Gasteiger partial charge >= 0.3 is 5.97 Å². The second-order valence-corrected chi connectivity index (χ2v) is 4.70. The third kappa shape index (κ3) is 3.59. The van der Waals surface area contributed by atoms with Gasteiger partial charge in [0, 0.05) is 11.5 Å². The molecule has 1 amide bonds. The number of hydrogen-bond acceptors (Lipinski definition) is 5. The van der Waals surface area contributed by atoms with Crippen LogP contribution in [-0.2, 0) is 9.59 Å². The van der Waals surface area contributed by atoms with Crippen molar-refractivity contribution in [2.24, 2.45) is 0 Å². The molecule has 78 valence electrons. The molecule has 0 bridgehead atoms. The normalized spacial score (nSPS) is 20.6. The molecule has 5 nitrogen and oxygen atoms in total. The zero-order valence-electron chi connectivity index (χ0n) is 7.19. The van der Waals surface area contributed by atoms with Crippen LogP contribution in [0.25, 0.3) is 0 Å². The Labute approximate surface area is 89.0 Å². The van der Waals surface area contributed by atoms with E-state index in [0.717, 1.165) is 23.5 Å². The fraction of sp³-hybridized carbons (Fsp3) is 0.571. The lowest BCUT2D eigenvalue weighted by Crippen LogP contribution is -2.32. The van der Waals surface area contributed by atoms with Gasteiger partial charge in [0.2, 0.25) is 5.12 Å². The molecule has 1 saturated heterocycles. The van der Waals surface area contributed by atoms with Gasteiger partial charge in [-0.15, -0.1) is 0 Å². The summed E-state index contributed by atoms with van der Waals surface area (Å²) >= 11 is 2.03. The number of carbonyl (C=O) groups is 3. The van der Waals surface area contributed by atoms with E-state index in [1.54, 1.807) is 0 Å². The average Bonchev–Trinajstić information content (AvgIpc) is 2.51. The highest BCUT2D eigenvalue weighted by Gasteiger charge is 2.27. The van der Waals surface area contributed by atoms with Crippen molar-refractivity contribution in [1.29, 1.82) is 0 Å². The number of thioether (sulfide) groups is 2. The third-order valence-electron chi connectivity index (χ3n) is 1.52. The maximum absolute atomic E-state index is 11.3. The van der Waals surface area contributed by atoms with Crippen LogP contribution in [0.5, 0.6) is 0 Å².